The molecule has 0 saturated carbocycles. The second kappa shape index (κ2) is 6.49. The van der Waals surface area contributed by atoms with Gasteiger partial charge in [-0.05, 0) is 24.5 Å². The molecule has 24 heavy (non-hydrogen) atoms. The number of H-pyrrole nitrogens is 1. The minimum atomic E-state index is 0.0752. The molecule has 1 aromatic carbocycles. The number of aryl methyl sites for hydroxylation is 1. The van der Waals surface area contributed by atoms with Crippen molar-refractivity contribution in [2.45, 2.75) is 25.8 Å². The molecule has 4 rings (SSSR count). The van der Waals surface area contributed by atoms with Gasteiger partial charge in [-0.15, -0.1) is 11.3 Å². The van der Waals surface area contributed by atoms with E-state index in [2.05, 4.69) is 27.4 Å². The average Bonchev–Trinajstić information content (AvgIpc) is 3.27. The number of aromatic nitrogens is 3. The van der Waals surface area contributed by atoms with Crippen LogP contribution < -0.4 is 5.32 Å². The molecule has 0 aliphatic rings. The standard InChI is InChI=1S/C18H18N4OS/c23-17(20-11-14-12-22-8-9-24-18(22)21-14)7-3-4-13-10-19-16-6-2-1-5-15(13)16/h1-2,5-6,8-10,12,19H,3-4,7,11H2,(H,20,23). The second-order valence-electron chi connectivity index (χ2n) is 5.81. The van der Waals surface area contributed by atoms with E-state index in [1.807, 2.05) is 40.5 Å². The lowest BCUT2D eigenvalue weighted by atomic mass is 10.1. The lowest BCUT2D eigenvalue weighted by molar-refractivity contribution is -0.121. The third-order valence-electron chi connectivity index (χ3n) is 4.13. The number of aromatic amines is 1. The quantitative estimate of drug-likeness (QED) is 0.565. The van der Waals surface area contributed by atoms with Crippen molar-refractivity contribution in [3.63, 3.8) is 0 Å². The van der Waals surface area contributed by atoms with Crippen molar-refractivity contribution in [2.24, 2.45) is 0 Å². The SMILES string of the molecule is O=C(CCCc1c[nH]c2ccccc12)NCc1cn2ccsc2n1. The average molecular weight is 338 g/mol. The van der Waals surface area contributed by atoms with E-state index in [1.54, 1.807) is 11.3 Å². The van der Waals surface area contributed by atoms with Gasteiger partial charge >= 0.3 is 0 Å². The van der Waals surface area contributed by atoms with Crippen molar-refractivity contribution >= 4 is 33.1 Å². The first-order chi connectivity index (χ1) is 11.8. The predicted molar refractivity (Wildman–Crippen MR) is 96.2 cm³/mol. The van der Waals surface area contributed by atoms with Crippen molar-refractivity contribution in [3.8, 4) is 0 Å². The number of hydrogen-bond acceptors (Lipinski definition) is 3. The minimum Gasteiger partial charge on any atom is -0.361 e. The molecule has 122 valence electrons. The summed E-state index contributed by atoms with van der Waals surface area (Å²) < 4.78 is 1.98. The maximum Gasteiger partial charge on any atom is 0.220 e. The fourth-order valence-electron chi connectivity index (χ4n) is 2.92. The summed E-state index contributed by atoms with van der Waals surface area (Å²) in [7, 11) is 0. The van der Waals surface area contributed by atoms with Crippen molar-refractivity contribution in [2.75, 3.05) is 0 Å². The maximum absolute atomic E-state index is 12.0. The number of nitrogens with one attached hydrogen (secondary N) is 2. The van der Waals surface area contributed by atoms with Crippen LogP contribution in [0.1, 0.15) is 24.1 Å². The van der Waals surface area contributed by atoms with Crippen LogP contribution in [0.3, 0.4) is 0 Å². The third kappa shape index (κ3) is 3.05. The molecule has 0 fully saturated rings. The van der Waals surface area contributed by atoms with Crippen LogP contribution in [0.15, 0.2) is 48.2 Å². The molecule has 3 heterocycles. The highest BCUT2D eigenvalue weighted by Crippen LogP contribution is 2.19. The Morgan fingerprint density at radius 3 is 3.17 bits per heavy atom. The zero-order valence-electron chi connectivity index (χ0n) is 13.2. The number of rotatable bonds is 6. The van der Waals surface area contributed by atoms with Crippen LogP contribution in [0.4, 0.5) is 0 Å². The van der Waals surface area contributed by atoms with Crippen molar-refractivity contribution in [3.05, 3.63) is 59.5 Å². The Labute approximate surface area is 143 Å². The number of thiazole rings is 1. The molecular weight excluding hydrogens is 320 g/mol. The van der Waals surface area contributed by atoms with Gasteiger partial charge in [-0.1, -0.05) is 18.2 Å². The van der Waals surface area contributed by atoms with E-state index in [1.165, 1.54) is 10.9 Å². The number of nitrogens with zero attached hydrogens (tertiary/aromatic N) is 2. The van der Waals surface area contributed by atoms with Crippen molar-refractivity contribution in [1.82, 2.24) is 19.7 Å². The first-order valence-electron chi connectivity index (χ1n) is 8.02. The smallest absolute Gasteiger partial charge is 0.220 e. The highest BCUT2D eigenvalue weighted by Gasteiger charge is 2.07. The van der Waals surface area contributed by atoms with Crippen LogP contribution in [-0.4, -0.2) is 20.3 Å². The number of fused-ring (bicyclic) bond motifs is 2. The summed E-state index contributed by atoms with van der Waals surface area (Å²) in [5, 5.41) is 6.19. The lowest BCUT2D eigenvalue weighted by Gasteiger charge is -2.03. The molecule has 1 amide bonds. The molecule has 3 aromatic heterocycles. The molecule has 5 nitrogen and oxygen atoms in total. The molecule has 0 aliphatic heterocycles. The summed E-state index contributed by atoms with van der Waals surface area (Å²) in [6, 6.07) is 8.26. The highest BCUT2D eigenvalue weighted by atomic mass is 32.1. The molecule has 0 radical (unpaired) electrons. The van der Waals surface area contributed by atoms with Gasteiger partial charge < -0.3 is 10.3 Å². The summed E-state index contributed by atoms with van der Waals surface area (Å²) in [4.78, 5) is 20.7. The van der Waals surface area contributed by atoms with Crippen molar-refractivity contribution < 1.29 is 4.79 Å². The molecule has 4 aromatic rings. The molecule has 0 saturated heterocycles. The van der Waals surface area contributed by atoms with Crippen LogP contribution in [0.25, 0.3) is 15.9 Å². The number of carbonyl (C=O) groups excluding carboxylic acids is 1. The topological polar surface area (TPSA) is 62.2 Å². The fraction of sp³-hybridized carbons (Fsp3) is 0.222. The van der Waals surface area contributed by atoms with Crippen LogP contribution >= 0.6 is 11.3 Å². The normalized spacial score (nSPS) is 11.3. The van der Waals surface area contributed by atoms with E-state index in [0.29, 0.717) is 13.0 Å². The Kier molecular flexibility index (Phi) is 4.04. The van der Waals surface area contributed by atoms with E-state index in [0.717, 1.165) is 29.0 Å². The number of para-hydroxylation sites is 1. The fourth-order valence-corrected chi connectivity index (χ4v) is 3.64. The van der Waals surface area contributed by atoms with Gasteiger partial charge in [-0.25, -0.2) is 4.98 Å². The third-order valence-corrected chi connectivity index (χ3v) is 4.91. The Hall–Kier alpha value is -2.60. The van der Waals surface area contributed by atoms with E-state index in [4.69, 9.17) is 0 Å². The molecule has 6 heteroatoms. The van der Waals surface area contributed by atoms with E-state index in [9.17, 15) is 4.79 Å². The lowest BCUT2D eigenvalue weighted by Crippen LogP contribution is -2.22. The number of amides is 1. The van der Waals surface area contributed by atoms with Crippen molar-refractivity contribution in [1.29, 1.82) is 0 Å². The minimum absolute atomic E-state index is 0.0752. The first kappa shape index (κ1) is 15.0. The molecule has 0 aliphatic carbocycles. The Bertz CT molecular complexity index is 953. The number of benzene rings is 1. The molecule has 0 unspecified atom stereocenters. The molecule has 0 atom stereocenters. The predicted octanol–water partition coefficient (Wildman–Crippen LogP) is 3.52. The maximum atomic E-state index is 12.0. The number of hydrogen-bond donors (Lipinski definition) is 2. The molecule has 0 bridgehead atoms. The van der Waals surface area contributed by atoms with Crippen LogP contribution in [0.2, 0.25) is 0 Å². The number of carbonyl (C=O) groups is 1. The summed E-state index contributed by atoms with van der Waals surface area (Å²) in [6.45, 7) is 0.486. The van der Waals surface area contributed by atoms with Crippen LogP contribution in [0, 0.1) is 0 Å². The Morgan fingerprint density at radius 2 is 2.25 bits per heavy atom. The van der Waals surface area contributed by atoms with Crippen LogP contribution in [0.5, 0.6) is 0 Å². The van der Waals surface area contributed by atoms with E-state index >= 15 is 0 Å². The molecule has 0 spiro atoms. The number of imidazole rings is 1. The Morgan fingerprint density at radius 1 is 1.33 bits per heavy atom. The second-order valence-corrected chi connectivity index (χ2v) is 6.69. The van der Waals surface area contributed by atoms with Gasteiger partial charge in [-0.3, -0.25) is 9.20 Å². The highest BCUT2D eigenvalue weighted by molar-refractivity contribution is 7.15. The van der Waals surface area contributed by atoms with Gasteiger partial charge in [-0.2, -0.15) is 0 Å². The van der Waals surface area contributed by atoms with Gasteiger partial charge in [0.2, 0.25) is 5.91 Å². The van der Waals surface area contributed by atoms with Gasteiger partial charge in [0.25, 0.3) is 0 Å². The van der Waals surface area contributed by atoms with Crippen LogP contribution in [-0.2, 0) is 17.8 Å². The van der Waals surface area contributed by atoms with E-state index < -0.39 is 0 Å². The molecular formula is C18H18N4OS. The first-order valence-corrected chi connectivity index (χ1v) is 8.90. The van der Waals surface area contributed by atoms with Gasteiger partial charge in [0, 0.05) is 41.3 Å². The van der Waals surface area contributed by atoms with Gasteiger partial charge in [0.15, 0.2) is 4.96 Å². The van der Waals surface area contributed by atoms with E-state index in [-0.39, 0.29) is 5.91 Å². The van der Waals surface area contributed by atoms with Gasteiger partial charge in [0.1, 0.15) is 0 Å². The molecule has 2 N–H and O–H groups in total. The summed E-state index contributed by atoms with van der Waals surface area (Å²) in [5.41, 5.74) is 3.32. The summed E-state index contributed by atoms with van der Waals surface area (Å²) >= 11 is 1.59. The summed E-state index contributed by atoms with van der Waals surface area (Å²) in [6.07, 6.45) is 8.24. The zero-order chi connectivity index (χ0) is 16.4. The zero-order valence-corrected chi connectivity index (χ0v) is 14.0. The largest absolute Gasteiger partial charge is 0.361 e. The summed E-state index contributed by atoms with van der Waals surface area (Å²) in [5.74, 6) is 0.0752. The van der Waals surface area contributed by atoms with Gasteiger partial charge in [0.05, 0.1) is 12.2 Å². The monoisotopic (exact) mass is 338 g/mol. The Balaban J connectivity index is 1.26.